The van der Waals surface area contributed by atoms with E-state index in [9.17, 15) is 9.59 Å². The number of nitrogens with one attached hydrogen (secondary N) is 1. The first-order chi connectivity index (χ1) is 11.0. The summed E-state index contributed by atoms with van der Waals surface area (Å²) < 4.78 is 10.6. The molecule has 1 N–H and O–H groups in total. The van der Waals surface area contributed by atoms with Crippen LogP contribution in [-0.4, -0.2) is 49.1 Å². The molecule has 1 aliphatic heterocycles. The van der Waals surface area contributed by atoms with Crippen LogP contribution in [0.5, 0.6) is 0 Å². The largest absolute Gasteiger partial charge is 0.462 e. The van der Waals surface area contributed by atoms with Gasteiger partial charge in [0.15, 0.2) is 0 Å². The number of carbonyl (C=O) groups excluding carboxylic acids is 2. The highest BCUT2D eigenvalue weighted by atomic mass is 16.5. The number of hydrogen-bond acceptors (Lipinski definition) is 4. The van der Waals surface area contributed by atoms with Gasteiger partial charge in [-0.2, -0.15) is 0 Å². The molecule has 1 atom stereocenters. The third-order valence-electron chi connectivity index (χ3n) is 3.71. The number of aryl methyl sites for hydroxylation is 1. The fraction of sp³-hybridized carbons (Fsp3) is 0.529. The van der Waals surface area contributed by atoms with Gasteiger partial charge in [-0.1, -0.05) is 13.8 Å². The van der Waals surface area contributed by atoms with E-state index in [2.05, 4.69) is 5.32 Å². The van der Waals surface area contributed by atoms with Crippen LogP contribution in [0.2, 0.25) is 0 Å². The van der Waals surface area contributed by atoms with Crippen LogP contribution < -0.4 is 5.32 Å². The highest BCUT2D eigenvalue weighted by Gasteiger charge is 2.29. The molecule has 2 amide bonds. The Kier molecular flexibility index (Phi) is 5.98. The molecule has 0 radical (unpaired) electrons. The first-order valence-electron chi connectivity index (χ1n) is 7.89. The fourth-order valence-corrected chi connectivity index (χ4v) is 2.40. The molecule has 2 rings (SSSR count). The smallest absolute Gasteiger partial charge is 0.245 e. The molecule has 0 spiro atoms. The van der Waals surface area contributed by atoms with Crippen LogP contribution in [0.1, 0.15) is 25.4 Å². The molecule has 0 aliphatic carbocycles. The Balaban J connectivity index is 1.96. The van der Waals surface area contributed by atoms with Gasteiger partial charge in [-0.15, -0.1) is 0 Å². The van der Waals surface area contributed by atoms with Gasteiger partial charge in [-0.25, -0.2) is 0 Å². The van der Waals surface area contributed by atoms with Crippen molar-refractivity contribution in [2.75, 3.05) is 26.3 Å². The Labute approximate surface area is 136 Å². The van der Waals surface area contributed by atoms with E-state index >= 15 is 0 Å². The van der Waals surface area contributed by atoms with Gasteiger partial charge < -0.3 is 19.4 Å². The molecule has 0 saturated carbocycles. The summed E-state index contributed by atoms with van der Waals surface area (Å²) in [6, 6.07) is 3.08. The van der Waals surface area contributed by atoms with Crippen LogP contribution in [0, 0.1) is 12.8 Å². The molecular formula is C17H24N2O4. The summed E-state index contributed by atoms with van der Waals surface area (Å²) in [6.07, 6.45) is 2.99. The molecule has 0 bridgehead atoms. The van der Waals surface area contributed by atoms with Crippen LogP contribution in [0.25, 0.3) is 6.08 Å². The minimum Gasteiger partial charge on any atom is -0.462 e. The molecule has 0 aromatic carbocycles. The quantitative estimate of drug-likeness (QED) is 0.837. The molecule has 23 heavy (non-hydrogen) atoms. The van der Waals surface area contributed by atoms with E-state index in [1.807, 2.05) is 26.8 Å². The Bertz CT molecular complexity index is 571. The minimum atomic E-state index is -0.538. The molecule has 1 fully saturated rings. The standard InChI is InChI=1S/C17H24N2O4/c1-12(2)16(17(21)19-8-10-22-11-9-19)18-15(20)7-6-14-5-4-13(3)23-14/h4-7,12,16H,8-11H2,1-3H3,(H,18,20). The lowest BCUT2D eigenvalue weighted by Crippen LogP contribution is -2.53. The number of rotatable bonds is 5. The first-order valence-corrected chi connectivity index (χ1v) is 7.89. The summed E-state index contributed by atoms with van der Waals surface area (Å²) in [7, 11) is 0. The SMILES string of the molecule is Cc1ccc(C=CC(=O)NC(C(=O)N2CCOCC2)C(C)C)o1. The normalized spacial score (nSPS) is 16.8. The Hall–Kier alpha value is -2.08. The maximum atomic E-state index is 12.6. The van der Waals surface area contributed by atoms with Gasteiger partial charge >= 0.3 is 0 Å². The lowest BCUT2D eigenvalue weighted by Gasteiger charge is -2.32. The van der Waals surface area contributed by atoms with Gasteiger partial charge in [0.2, 0.25) is 11.8 Å². The number of morpholine rings is 1. The Morgan fingerprint density at radius 1 is 1.26 bits per heavy atom. The number of furan rings is 1. The van der Waals surface area contributed by atoms with E-state index in [1.54, 1.807) is 17.0 Å². The van der Waals surface area contributed by atoms with Crippen LogP contribution in [0.15, 0.2) is 22.6 Å². The van der Waals surface area contributed by atoms with Crippen LogP contribution >= 0.6 is 0 Å². The fourth-order valence-electron chi connectivity index (χ4n) is 2.40. The summed E-state index contributed by atoms with van der Waals surface area (Å²) in [5.41, 5.74) is 0. The zero-order chi connectivity index (χ0) is 16.8. The number of carbonyl (C=O) groups is 2. The maximum Gasteiger partial charge on any atom is 0.245 e. The third kappa shape index (κ3) is 4.96. The Morgan fingerprint density at radius 2 is 1.96 bits per heavy atom. The number of amides is 2. The van der Waals surface area contributed by atoms with Gasteiger partial charge in [0, 0.05) is 19.2 Å². The molecule has 1 saturated heterocycles. The van der Waals surface area contributed by atoms with Crippen molar-refractivity contribution >= 4 is 17.9 Å². The third-order valence-corrected chi connectivity index (χ3v) is 3.71. The van der Waals surface area contributed by atoms with Crippen LogP contribution in [0.3, 0.4) is 0 Å². The van der Waals surface area contributed by atoms with Gasteiger partial charge in [0.1, 0.15) is 17.6 Å². The molecule has 2 heterocycles. The maximum absolute atomic E-state index is 12.6. The van der Waals surface area contributed by atoms with Crippen LogP contribution in [-0.2, 0) is 14.3 Å². The highest BCUT2D eigenvalue weighted by Crippen LogP contribution is 2.10. The summed E-state index contributed by atoms with van der Waals surface area (Å²) in [4.78, 5) is 26.4. The van der Waals surface area contributed by atoms with Crippen molar-refractivity contribution < 1.29 is 18.7 Å². The summed E-state index contributed by atoms with van der Waals surface area (Å²) in [5.74, 6) is 1.04. The van der Waals surface area contributed by atoms with Crippen molar-refractivity contribution in [2.45, 2.75) is 26.8 Å². The average Bonchev–Trinajstić information content (AvgIpc) is 2.96. The minimum absolute atomic E-state index is 0.00792. The summed E-state index contributed by atoms with van der Waals surface area (Å²) in [6.45, 7) is 7.91. The molecule has 6 nitrogen and oxygen atoms in total. The van der Waals surface area contributed by atoms with Gasteiger partial charge in [0.25, 0.3) is 0 Å². The molecule has 1 aliphatic rings. The van der Waals surface area contributed by atoms with E-state index in [-0.39, 0.29) is 17.7 Å². The topological polar surface area (TPSA) is 71.8 Å². The lowest BCUT2D eigenvalue weighted by atomic mass is 10.0. The van der Waals surface area contributed by atoms with Crippen molar-refractivity contribution in [1.82, 2.24) is 10.2 Å². The van der Waals surface area contributed by atoms with Gasteiger partial charge in [-0.05, 0) is 31.1 Å². The second kappa shape index (κ2) is 7.97. The van der Waals surface area contributed by atoms with E-state index in [4.69, 9.17) is 9.15 Å². The van der Waals surface area contributed by atoms with Crippen molar-refractivity contribution in [3.63, 3.8) is 0 Å². The highest BCUT2D eigenvalue weighted by molar-refractivity contribution is 5.95. The number of ether oxygens (including phenoxy) is 1. The predicted molar refractivity (Wildman–Crippen MR) is 86.6 cm³/mol. The van der Waals surface area contributed by atoms with Crippen molar-refractivity contribution in [1.29, 1.82) is 0 Å². The average molecular weight is 320 g/mol. The van der Waals surface area contributed by atoms with Gasteiger partial charge in [0.05, 0.1) is 13.2 Å². The number of nitrogens with zero attached hydrogens (tertiary/aromatic N) is 1. The molecule has 126 valence electrons. The molecule has 6 heteroatoms. The van der Waals surface area contributed by atoms with Crippen LogP contribution in [0.4, 0.5) is 0 Å². The molecule has 1 unspecified atom stereocenters. The zero-order valence-electron chi connectivity index (χ0n) is 13.9. The zero-order valence-corrected chi connectivity index (χ0v) is 13.9. The monoisotopic (exact) mass is 320 g/mol. The summed E-state index contributed by atoms with van der Waals surface area (Å²) >= 11 is 0. The van der Waals surface area contributed by atoms with E-state index < -0.39 is 6.04 Å². The first kappa shape index (κ1) is 17.3. The van der Waals surface area contributed by atoms with Crippen molar-refractivity contribution in [2.24, 2.45) is 5.92 Å². The predicted octanol–water partition coefficient (Wildman–Crippen LogP) is 1.60. The molecular weight excluding hydrogens is 296 g/mol. The van der Waals surface area contributed by atoms with Crippen molar-refractivity contribution in [3.05, 3.63) is 29.7 Å². The molecule has 1 aromatic rings. The number of hydrogen-bond donors (Lipinski definition) is 1. The van der Waals surface area contributed by atoms with Crippen molar-refractivity contribution in [3.8, 4) is 0 Å². The van der Waals surface area contributed by atoms with E-state index in [1.165, 1.54) is 6.08 Å². The van der Waals surface area contributed by atoms with E-state index in [0.717, 1.165) is 5.76 Å². The second-order valence-corrected chi connectivity index (χ2v) is 5.95. The molecule has 1 aromatic heterocycles. The van der Waals surface area contributed by atoms with Gasteiger partial charge in [-0.3, -0.25) is 9.59 Å². The Morgan fingerprint density at radius 3 is 2.52 bits per heavy atom. The lowest BCUT2D eigenvalue weighted by molar-refractivity contribution is -0.140. The second-order valence-electron chi connectivity index (χ2n) is 5.95. The van der Waals surface area contributed by atoms with E-state index in [0.29, 0.717) is 32.1 Å². The summed E-state index contributed by atoms with van der Waals surface area (Å²) in [5, 5.41) is 2.79.